The minimum absolute atomic E-state index is 0.0430. The fraction of sp³-hybridized carbons (Fsp3) is 0.405. The van der Waals surface area contributed by atoms with E-state index >= 15 is 0 Å². The number of carbonyl (C=O) groups excluding carboxylic acids is 4. The van der Waals surface area contributed by atoms with E-state index in [4.69, 9.17) is 26.7 Å². The smallest absolute Gasteiger partial charge is 0.418 e. The lowest BCUT2D eigenvalue weighted by molar-refractivity contribution is -0.162. The molecule has 3 atom stereocenters. The average molecular weight is 724 g/mol. The molecular formula is C37H49N5O8S. The first kappa shape index (κ1) is 41.0. The first-order chi connectivity index (χ1) is 24.3. The van der Waals surface area contributed by atoms with Gasteiger partial charge in [-0.15, -0.1) is 0 Å². The summed E-state index contributed by atoms with van der Waals surface area (Å²) in [4.78, 5) is 57.6. The number of aryl methyl sites for hydroxylation is 1. The van der Waals surface area contributed by atoms with Crippen LogP contribution in [-0.4, -0.2) is 69.4 Å². The number of amides is 2. The summed E-state index contributed by atoms with van der Waals surface area (Å²) < 4.78 is 40.6. The molecule has 0 heterocycles. The van der Waals surface area contributed by atoms with Gasteiger partial charge in [0.25, 0.3) is 0 Å². The number of nitrogens with two attached hydrogens (primary N) is 3. The predicted octanol–water partition coefficient (Wildman–Crippen LogP) is 3.66. The number of sulfonamides is 1. The first-order valence-corrected chi connectivity index (χ1v) is 18.3. The molecule has 14 heteroatoms. The Morgan fingerprint density at radius 3 is 2.08 bits per heavy atom. The third kappa shape index (κ3) is 10.3. The van der Waals surface area contributed by atoms with E-state index in [-0.39, 0.29) is 48.4 Å². The van der Waals surface area contributed by atoms with Crippen molar-refractivity contribution in [2.24, 2.45) is 17.2 Å². The third-order valence-corrected chi connectivity index (χ3v) is 9.91. The van der Waals surface area contributed by atoms with Crippen molar-refractivity contribution in [1.82, 2.24) is 9.62 Å². The molecule has 0 aliphatic rings. The molecule has 2 amide bonds. The second kappa shape index (κ2) is 19.2. The Morgan fingerprint density at radius 2 is 1.47 bits per heavy atom. The van der Waals surface area contributed by atoms with Gasteiger partial charge in [-0.2, -0.15) is 0 Å². The third-order valence-electron chi connectivity index (χ3n) is 8.43. The number of carbonyl (C=O) groups is 4. The highest BCUT2D eigenvalue weighted by Crippen LogP contribution is 2.39. The normalized spacial score (nSPS) is 13.8. The summed E-state index contributed by atoms with van der Waals surface area (Å²) in [5.74, 6) is -2.70. The molecule has 0 aliphatic heterocycles. The molecule has 3 rings (SSSR count). The number of Topliss-reactive ketones (excluding diaryl/α,β-unsaturated/α-hetero) is 1. The number of ketones is 1. The van der Waals surface area contributed by atoms with Crippen LogP contribution in [0.1, 0.15) is 72.5 Å². The molecule has 3 aromatic carbocycles. The maximum atomic E-state index is 14.6. The van der Waals surface area contributed by atoms with Crippen molar-refractivity contribution in [3.63, 3.8) is 0 Å². The molecule has 0 aromatic heterocycles. The molecule has 0 radical (unpaired) electrons. The van der Waals surface area contributed by atoms with E-state index in [2.05, 4.69) is 4.72 Å². The molecule has 0 aliphatic carbocycles. The maximum absolute atomic E-state index is 14.6. The number of imide groups is 1. The number of benzene rings is 3. The van der Waals surface area contributed by atoms with Crippen LogP contribution in [0.2, 0.25) is 0 Å². The van der Waals surface area contributed by atoms with Crippen LogP contribution in [0.25, 0.3) is 0 Å². The Morgan fingerprint density at radius 1 is 0.863 bits per heavy atom. The van der Waals surface area contributed by atoms with E-state index in [1.54, 1.807) is 42.5 Å². The van der Waals surface area contributed by atoms with Crippen molar-refractivity contribution < 1.29 is 37.1 Å². The number of methoxy groups -OCH3 is 1. The van der Waals surface area contributed by atoms with Crippen LogP contribution in [0.4, 0.5) is 4.79 Å². The number of rotatable bonds is 19. The molecule has 276 valence electrons. The van der Waals surface area contributed by atoms with Crippen LogP contribution in [0, 0.1) is 6.92 Å². The average Bonchev–Trinajstić information content (AvgIpc) is 3.13. The molecule has 0 spiro atoms. The van der Waals surface area contributed by atoms with Crippen LogP contribution in [0.5, 0.6) is 0 Å². The van der Waals surface area contributed by atoms with Crippen molar-refractivity contribution in [3.05, 3.63) is 101 Å². The SMILES string of the molecule is COC(=O)[C@@](CCCCN)(c1ccccc1C(=O)[C@@H](CCCCN)NS(=O)(=O)c1ccc(C)cc1)N(C(=O)OCc1ccccc1)C(=O)[C@H](C)N. The predicted molar refractivity (Wildman–Crippen MR) is 193 cm³/mol. The molecule has 0 saturated heterocycles. The molecular weight excluding hydrogens is 675 g/mol. The molecule has 0 fully saturated rings. The van der Waals surface area contributed by atoms with Crippen LogP contribution in [0.15, 0.2) is 83.8 Å². The lowest BCUT2D eigenvalue weighted by atomic mass is 9.78. The van der Waals surface area contributed by atoms with Gasteiger partial charge >= 0.3 is 12.1 Å². The van der Waals surface area contributed by atoms with Crippen molar-refractivity contribution in [2.75, 3.05) is 20.2 Å². The van der Waals surface area contributed by atoms with E-state index < -0.39 is 51.4 Å². The summed E-state index contributed by atoms with van der Waals surface area (Å²) in [7, 11) is -3.11. The highest BCUT2D eigenvalue weighted by Gasteiger charge is 2.54. The number of hydrogen-bond acceptors (Lipinski definition) is 11. The molecule has 0 bridgehead atoms. The zero-order valence-corrected chi connectivity index (χ0v) is 30.2. The van der Waals surface area contributed by atoms with Crippen molar-refractivity contribution >= 4 is 33.8 Å². The van der Waals surface area contributed by atoms with E-state index in [9.17, 15) is 27.6 Å². The molecule has 0 unspecified atom stereocenters. The van der Waals surface area contributed by atoms with Crippen LogP contribution < -0.4 is 21.9 Å². The topological polar surface area (TPSA) is 214 Å². The van der Waals surface area contributed by atoms with E-state index in [0.717, 1.165) is 12.7 Å². The van der Waals surface area contributed by atoms with Gasteiger partial charge in [-0.1, -0.05) is 78.7 Å². The second-order valence-electron chi connectivity index (χ2n) is 12.3. The molecule has 51 heavy (non-hydrogen) atoms. The monoisotopic (exact) mass is 723 g/mol. The van der Waals surface area contributed by atoms with E-state index in [1.807, 2.05) is 6.92 Å². The minimum atomic E-state index is -4.20. The van der Waals surface area contributed by atoms with Crippen molar-refractivity contribution in [2.45, 2.75) is 81.5 Å². The standard InChI is InChI=1S/C37H49N5O8S/c1-26-18-20-29(21-19-26)51(47,48)41-32(17-9-11-23-38)33(43)30-15-7-8-16-31(30)37(35(45)49-3,22-10-12-24-39)42(34(44)27(2)40)36(46)50-25-28-13-5-4-6-14-28/h4-8,13-16,18-21,27,32,41H,9-12,17,22-25,38-40H2,1-3H3/t27-,32+,37+/m0/s1. The lowest BCUT2D eigenvalue weighted by Gasteiger charge is -2.41. The lowest BCUT2D eigenvalue weighted by Crippen LogP contribution is -2.61. The summed E-state index contributed by atoms with van der Waals surface area (Å²) in [6.07, 6.45) is 0.149. The highest BCUT2D eigenvalue weighted by molar-refractivity contribution is 7.89. The van der Waals surface area contributed by atoms with E-state index in [1.165, 1.54) is 43.3 Å². The Hall–Kier alpha value is -4.47. The Kier molecular flexibility index (Phi) is 15.4. The van der Waals surface area contributed by atoms with Gasteiger partial charge in [0.2, 0.25) is 15.9 Å². The zero-order valence-electron chi connectivity index (χ0n) is 29.4. The zero-order chi connectivity index (χ0) is 37.6. The molecule has 7 N–H and O–H groups in total. The maximum Gasteiger partial charge on any atom is 0.418 e. The van der Waals surface area contributed by atoms with Gasteiger partial charge in [-0.3, -0.25) is 9.59 Å². The number of nitrogens with one attached hydrogen (secondary N) is 1. The Bertz CT molecular complexity index is 1740. The van der Waals surface area contributed by atoms with E-state index in [0.29, 0.717) is 36.3 Å². The van der Waals surface area contributed by atoms with Gasteiger partial charge in [0.15, 0.2) is 11.3 Å². The van der Waals surface area contributed by atoms with Gasteiger partial charge in [-0.05, 0) is 76.7 Å². The summed E-state index contributed by atoms with van der Waals surface area (Å²) >= 11 is 0. The minimum Gasteiger partial charge on any atom is -0.467 e. The van der Waals surface area contributed by atoms with Gasteiger partial charge in [-0.25, -0.2) is 27.6 Å². The Balaban J connectivity index is 2.26. The summed E-state index contributed by atoms with van der Waals surface area (Å²) in [6, 6.07) is 18.2. The first-order valence-electron chi connectivity index (χ1n) is 16.9. The van der Waals surface area contributed by atoms with Gasteiger partial charge < -0.3 is 26.7 Å². The van der Waals surface area contributed by atoms with Gasteiger partial charge in [0.1, 0.15) is 6.61 Å². The number of unbranched alkanes of at least 4 members (excludes halogenated alkanes) is 2. The highest BCUT2D eigenvalue weighted by atomic mass is 32.2. The number of esters is 1. The summed E-state index contributed by atoms with van der Waals surface area (Å²) in [5.41, 5.74) is 16.6. The fourth-order valence-electron chi connectivity index (χ4n) is 5.74. The summed E-state index contributed by atoms with van der Waals surface area (Å²) in [5, 5.41) is 0. The number of hydrogen-bond donors (Lipinski definition) is 4. The van der Waals surface area contributed by atoms with Crippen LogP contribution >= 0.6 is 0 Å². The van der Waals surface area contributed by atoms with Gasteiger partial charge in [0, 0.05) is 11.1 Å². The largest absolute Gasteiger partial charge is 0.467 e. The molecule has 3 aromatic rings. The Labute approximate surface area is 299 Å². The summed E-state index contributed by atoms with van der Waals surface area (Å²) in [6.45, 7) is 3.47. The number of ether oxygens (including phenoxy) is 2. The second-order valence-corrected chi connectivity index (χ2v) is 14.0. The van der Waals surface area contributed by atoms with Crippen LogP contribution in [-0.2, 0) is 41.2 Å². The van der Waals surface area contributed by atoms with Crippen LogP contribution in [0.3, 0.4) is 0 Å². The molecule has 0 saturated carbocycles. The fourth-order valence-corrected chi connectivity index (χ4v) is 6.97. The van der Waals surface area contributed by atoms with Crippen molar-refractivity contribution in [1.29, 1.82) is 0 Å². The number of nitrogens with zero attached hydrogens (tertiary/aromatic N) is 1. The van der Waals surface area contributed by atoms with Gasteiger partial charge in [0.05, 0.1) is 24.1 Å². The molecule has 13 nitrogen and oxygen atoms in total. The quantitative estimate of drug-likeness (QED) is 0.0796. The van der Waals surface area contributed by atoms with Crippen molar-refractivity contribution in [3.8, 4) is 0 Å².